The van der Waals surface area contributed by atoms with Gasteiger partial charge in [0.2, 0.25) is 0 Å². The summed E-state index contributed by atoms with van der Waals surface area (Å²) in [5, 5.41) is 8.14. The largest absolute Gasteiger partial charge is 0.329 e. The van der Waals surface area contributed by atoms with Crippen molar-refractivity contribution in [3.8, 4) is 0 Å². The van der Waals surface area contributed by atoms with E-state index < -0.39 is 11.8 Å². The van der Waals surface area contributed by atoms with Gasteiger partial charge in [0.25, 0.3) is 0 Å². The molecule has 0 bridgehead atoms. The number of hydrogen-bond acceptors (Lipinski definition) is 4. The van der Waals surface area contributed by atoms with Gasteiger partial charge in [-0.25, -0.2) is 5.43 Å². The SMILES string of the molecule is CCc1ccc(NC(=O)C(=O)NN=Cc2cccs2)cc1. The minimum Gasteiger partial charge on any atom is -0.318 e. The van der Waals surface area contributed by atoms with Crippen molar-refractivity contribution in [3.05, 3.63) is 52.2 Å². The van der Waals surface area contributed by atoms with Gasteiger partial charge in [-0.1, -0.05) is 25.1 Å². The Kier molecular flexibility index (Phi) is 5.22. The lowest BCUT2D eigenvalue weighted by molar-refractivity contribution is -0.136. The van der Waals surface area contributed by atoms with Crippen LogP contribution in [-0.2, 0) is 16.0 Å². The van der Waals surface area contributed by atoms with E-state index in [1.165, 1.54) is 17.6 Å². The third-order valence-corrected chi connectivity index (χ3v) is 3.53. The van der Waals surface area contributed by atoms with Crippen LogP contribution in [0.1, 0.15) is 17.4 Å². The molecule has 2 aromatic rings. The Morgan fingerprint density at radius 2 is 1.95 bits per heavy atom. The molecule has 0 atom stereocenters. The van der Waals surface area contributed by atoms with Crippen LogP contribution in [0.5, 0.6) is 0 Å². The van der Waals surface area contributed by atoms with E-state index in [9.17, 15) is 9.59 Å². The van der Waals surface area contributed by atoms with E-state index in [1.807, 2.05) is 36.6 Å². The number of carbonyl (C=O) groups excluding carboxylic acids is 2. The van der Waals surface area contributed by atoms with Crippen LogP contribution < -0.4 is 10.7 Å². The molecular formula is C15H15N3O2S. The standard InChI is InChI=1S/C15H15N3O2S/c1-2-11-5-7-12(8-6-11)17-14(19)15(20)18-16-10-13-4-3-9-21-13/h3-10H,2H2,1H3,(H,17,19)(H,18,20). The predicted molar refractivity (Wildman–Crippen MR) is 84.5 cm³/mol. The van der Waals surface area contributed by atoms with Crippen LogP contribution in [0, 0.1) is 0 Å². The van der Waals surface area contributed by atoms with Crippen LogP contribution in [0.15, 0.2) is 46.9 Å². The van der Waals surface area contributed by atoms with Crippen LogP contribution in [0.2, 0.25) is 0 Å². The van der Waals surface area contributed by atoms with E-state index in [-0.39, 0.29) is 0 Å². The molecule has 6 heteroatoms. The van der Waals surface area contributed by atoms with Gasteiger partial charge in [-0.15, -0.1) is 11.3 Å². The Balaban J connectivity index is 1.85. The molecule has 0 spiro atoms. The second-order valence-corrected chi connectivity index (χ2v) is 5.20. The second-order valence-electron chi connectivity index (χ2n) is 4.22. The van der Waals surface area contributed by atoms with Gasteiger partial charge in [-0.05, 0) is 35.6 Å². The third kappa shape index (κ3) is 4.54. The van der Waals surface area contributed by atoms with Gasteiger partial charge in [-0.3, -0.25) is 9.59 Å². The fourth-order valence-corrected chi connectivity index (χ4v) is 2.17. The van der Waals surface area contributed by atoms with Crippen molar-refractivity contribution in [2.24, 2.45) is 5.10 Å². The highest BCUT2D eigenvalue weighted by Crippen LogP contribution is 2.09. The molecular weight excluding hydrogens is 286 g/mol. The molecule has 2 rings (SSSR count). The predicted octanol–water partition coefficient (Wildman–Crippen LogP) is 2.40. The maximum absolute atomic E-state index is 11.7. The number of hydrogen-bond donors (Lipinski definition) is 2. The average molecular weight is 301 g/mol. The molecule has 0 aliphatic carbocycles. The van der Waals surface area contributed by atoms with Crippen molar-refractivity contribution in [3.63, 3.8) is 0 Å². The first-order valence-corrected chi connectivity index (χ1v) is 7.34. The lowest BCUT2D eigenvalue weighted by Crippen LogP contribution is -2.32. The van der Waals surface area contributed by atoms with Gasteiger partial charge in [0, 0.05) is 10.6 Å². The lowest BCUT2D eigenvalue weighted by Gasteiger charge is -2.04. The molecule has 108 valence electrons. The van der Waals surface area contributed by atoms with Crippen LogP contribution in [0.25, 0.3) is 0 Å². The normalized spacial score (nSPS) is 10.5. The lowest BCUT2D eigenvalue weighted by atomic mass is 10.1. The van der Waals surface area contributed by atoms with Gasteiger partial charge in [-0.2, -0.15) is 5.10 Å². The fraction of sp³-hybridized carbons (Fsp3) is 0.133. The Morgan fingerprint density at radius 1 is 1.19 bits per heavy atom. The van der Waals surface area contributed by atoms with E-state index in [4.69, 9.17) is 0 Å². The Morgan fingerprint density at radius 3 is 2.57 bits per heavy atom. The number of rotatable bonds is 4. The van der Waals surface area contributed by atoms with E-state index in [0.717, 1.165) is 16.9 Å². The summed E-state index contributed by atoms with van der Waals surface area (Å²) >= 11 is 1.49. The first kappa shape index (κ1) is 14.9. The number of carbonyl (C=O) groups is 2. The third-order valence-electron chi connectivity index (χ3n) is 2.73. The van der Waals surface area contributed by atoms with Crippen LogP contribution >= 0.6 is 11.3 Å². The zero-order valence-electron chi connectivity index (χ0n) is 11.5. The van der Waals surface area contributed by atoms with Crippen molar-refractivity contribution >= 4 is 35.1 Å². The highest BCUT2D eigenvalue weighted by molar-refractivity contribution is 7.11. The van der Waals surface area contributed by atoms with Crippen molar-refractivity contribution in [1.82, 2.24) is 5.43 Å². The minimum atomic E-state index is -0.803. The first-order chi connectivity index (χ1) is 10.2. The van der Waals surface area contributed by atoms with E-state index >= 15 is 0 Å². The highest BCUT2D eigenvalue weighted by atomic mass is 32.1. The number of amides is 2. The summed E-state index contributed by atoms with van der Waals surface area (Å²) in [5.74, 6) is -1.55. The summed E-state index contributed by atoms with van der Waals surface area (Å²) in [6.45, 7) is 2.05. The molecule has 0 aliphatic heterocycles. The molecule has 21 heavy (non-hydrogen) atoms. The number of thiophene rings is 1. The summed E-state index contributed by atoms with van der Waals surface area (Å²) in [4.78, 5) is 24.1. The molecule has 2 amide bonds. The highest BCUT2D eigenvalue weighted by Gasteiger charge is 2.12. The summed E-state index contributed by atoms with van der Waals surface area (Å²) in [7, 11) is 0. The molecule has 1 aromatic heterocycles. The van der Waals surface area contributed by atoms with E-state index in [2.05, 4.69) is 15.8 Å². The molecule has 0 radical (unpaired) electrons. The molecule has 0 saturated carbocycles. The zero-order chi connectivity index (χ0) is 15.1. The van der Waals surface area contributed by atoms with Crippen molar-refractivity contribution < 1.29 is 9.59 Å². The monoisotopic (exact) mass is 301 g/mol. The van der Waals surface area contributed by atoms with Gasteiger partial charge in [0.1, 0.15) is 0 Å². The number of hydrazone groups is 1. The summed E-state index contributed by atoms with van der Waals surface area (Å²) in [5.41, 5.74) is 3.93. The number of nitrogens with zero attached hydrogens (tertiary/aromatic N) is 1. The molecule has 5 nitrogen and oxygen atoms in total. The topological polar surface area (TPSA) is 70.6 Å². The molecule has 2 N–H and O–H groups in total. The maximum Gasteiger partial charge on any atom is 0.329 e. The smallest absolute Gasteiger partial charge is 0.318 e. The Hall–Kier alpha value is -2.47. The quantitative estimate of drug-likeness (QED) is 0.517. The molecule has 0 fully saturated rings. The zero-order valence-corrected chi connectivity index (χ0v) is 12.3. The molecule has 1 aromatic carbocycles. The van der Waals surface area contributed by atoms with Crippen molar-refractivity contribution in [1.29, 1.82) is 0 Å². The average Bonchev–Trinajstić information content (AvgIpc) is 3.01. The summed E-state index contributed by atoms with van der Waals surface area (Å²) in [6, 6.07) is 11.1. The first-order valence-electron chi connectivity index (χ1n) is 6.46. The Bertz CT molecular complexity index is 633. The number of nitrogens with one attached hydrogen (secondary N) is 2. The maximum atomic E-state index is 11.7. The number of aryl methyl sites for hydroxylation is 1. The summed E-state index contributed by atoms with van der Waals surface area (Å²) in [6.07, 6.45) is 2.41. The van der Waals surface area contributed by atoms with Gasteiger partial charge in [0.05, 0.1) is 6.21 Å². The molecule has 0 aliphatic rings. The Labute approximate surface area is 126 Å². The van der Waals surface area contributed by atoms with Crippen molar-refractivity contribution in [2.45, 2.75) is 13.3 Å². The van der Waals surface area contributed by atoms with E-state index in [1.54, 1.807) is 12.1 Å². The van der Waals surface area contributed by atoms with E-state index in [0.29, 0.717) is 5.69 Å². The summed E-state index contributed by atoms with van der Waals surface area (Å²) < 4.78 is 0. The van der Waals surface area contributed by atoms with Gasteiger partial charge >= 0.3 is 11.8 Å². The van der Waals surface area contributed by atoms with Gasteiger partial charge < -0.3 is 5.32 Å². The van der Waals surface area contributed by atoms with Crippen LogP contribution in [0.3, 0.4) is 0 Å². The fourth-order valence-electron chi connectivity index (χ4n) is 1.58. The van der Waals surface area contributed by atoms with Crippen LogP contribution in [-0.4, -0.2) is 18.0 Å². The molecule has 0 unspecified atom stereocenters. The van der Waals surface area contributed by atoms with Crippen molar-refractivity contribution in [2.75, 3.05) is 5.32 Å². The number of anilines is 1. The molecule has 0 saturated heterocycles. The van der Waals surface area contributed by atoms with Crippen LogP contribution in [0.4, 0.5) is 5.69 Å². The molecule has 1 heterocycles. The minimum absolute atomic E-state index is 0.578. The second kappa shape index (κ2) is 7.35. The number of benzene rings is 1. The van der Waals surface area contributed by atoms with Gasteiger partial charge in [0.15, 0.2) is 0 Å².